The van der Waals surface area contributed by atoms with E-state index in [0.717, 1.165) is 15.7 Å². The molecule has 0 unspecified atom stereocenters. The number of hydrogen-bond acceptors (Lipinski definition) is 4. The third-order valence-corrected chi connectivity index (χ3v) is 3.16. The summed E-state index contributed by atoms with van der Waals surface area (Å²) >= 11 is 9.33. The highest BCUT2D eigenvalue weighted by Crippen LogP contribution is 2.32. The van der Waals surface area contributed by atoms with E-state index in [1.807, 2.05) is 13.0 Å². The van der Waals surface area contributed by atoms with Crippen LogP contribution in [0, 0.1) is 6.92 Å². The third-order valence-electron chi connectivity index (χ3n) is 2.35. The van der Waals surface area contributed by atoms with Crippen molar-refractivity contribution in [3.8, 4) is 5.75 Å². The van der Waals surface area contributed by atoms with Gasteiger partial charge in [-0.3, -0.25) is 0 Å². The summed E-state index contributed by atoms with van der Waals surface area (Å²) in [5, 5.41) is 3.75. The Morgan fingerprint density at radius 1 is 1.28 bits per heavy atom. The first-order valence-electron chi connectivity index (χ1n) is 5.19. The number of halogens is 2. The normalized spacial score (nSPS) is 10.2. The number of aromatic nitrogens is 2. The minimum absolute atomic E-state index is 0.498. The van der Waals surface area contributed by atoms with E-state index in [1.54, 1.807) is 25.6 Å². The van der Waals surface area contributed by atoms with Crippen molar-refractivity contribution in [2.24, 2.45) is 0 Å². The first-order valence-corrected chi connectivity index (χ1v) is 6.36. The smallest absolute Gasteiger partial charge is 0.227 e. The minimum atomic E-state index is 0.498. The largest absolute Gasteiger partial charge is 0.495 e. The zero-order valence-electron chi connectivity index (χ0n) is 9.87. The van der Waals surface area contributed by atoms with Crippen LogP contribution in [0.25, 0.3) is 0 Å². The number of methoxy groups -OCH3 is 1. The molecule has 2 aromatic rings. The molecule has 0 aliphatic heterocycles. The predicted octanol–water partition coefficient (Wildman–Crippen LogP) is 3.95. The lowest BCUT2D eigenvalue weighted by molar-refractivity contribution is 0.416. The van der Waals surface area contributed by atoms with E-state index in [9.17, 15) is 0 Å². The second-order valence-corrected chi connectivity index (χ2v) is 4.97. The van der Waals surface area contributed by atoms with Gasteiger partial charge in [-0.05, 0) is 34.5 Å². The van der Waals surface area contributed by atoms with Crippen LogP contribution in [0.3, 0.4) is 0 Å². The van der Waals surface area contributed by atoms with E-state index in [-0.39, 0.29) is 0 Å². The van der Waals surface area contributed by atoms with Crippen molar-refractivity contribution >= 4 is 39.2 Å². The van der Waals surface area contributed by atoms with Gasteiger partial charge in [0.1, 0.15) is 5.75 Å². The quantitative estimate of drug-likeness (QED) is 0.926. The standard InChI is InChI=1S/C12H11BrClN3O/c1-7-3-10(11(18-2)4-9(7)14)17-12-15-5-8(13)6-16-12/h3-6H,1-2H3,(H,15,16,17). The van der Waals surface area contributed by atoms with Gasteiger partial charge in [0.15, 0.2) is 0 Å². The van der Waals surface area contributed by atoms with Crippen molar-refractivity contribution in [3.63, 3.8) is 0 Å². The average Bonchev–Trinajstić information content (AvgIpc) is 2.36. The summed E-state index contributed by atoms with van der Waals surface area (Å²) in [6, 6.07) is 3.66. The van der Waals surface area contributed by atoms with E-state index in [1.165, 1.54) is 0 Å². The molecule has 1 aromatic heterocycles. The molecule has 4 nitrogen and oxygen atoms in total. The van der Waals surface area contributed by atoms with Crippen LogP contribution in [0.2, 0.25) is 5.02 Å². The summed E-state index contributed by atoms with van der Waals surface area (Å²) in [6.45, 7) is 1.93. The first-order chi connectivity index (χ1) is 8.60. The molecule has 0 aliphatic carbocycles. The average molecular weight is 329 g/mol. The summed E-state index contributed by atoms with van der Waals surface area (Å²) < 4.78 is 6.09. The van der Waals surface area contributed by atoms with Gasteiger partial charge in [0.2, 0.25) is 5.95 Å². The van der Waals surface area contributed by atoms with Gasteiger partial charge in [0.05, 0.1) is 17.3 Å². The van der Waals surface area contributed by atoms with Crippen LogP contribution in [0.15, 0.2) is 29.0 Å². The Morgan fingerprint density at radius 3 is 2.56 bits per heavy atom. The Morgan fingerprint density at radius 2 is 1.94 bits per heavy atom. The van der Waals surface area contributed by atoms with Gasteiger partial charge in [-0.25, -0.2) is 9.97 Å². The summed E-state index contributed by atoms with van der Waals surface area (Å²) in [7, 11) is 1.59. The Labute approximate surface area is 118 Å². The molecular weight excluding hydrogens is 318 g/mol. The molecular formula is C12H11BrClN3O. The van der Waals surface area contributed by atoms with Crippen LogP contribution >= 0.6 is 27.5 Å². The van der Waals surface area contributed by atoms with Crippen molar-refractivity contribution in [3.05, 3.63) is 39.6 Å². The number of anilines is 2. The maximum atomic E-state index is 6.04. The third kappa shape index (κ3) is 2.91. The lowest BCUT2D eigenvalue weighted by Crippen LogP contribution is -1.99. The Bertz CT molecular complexity index is 560. The molecule has 0 atom stereocenters. The van der Waals surface area contributed by atoms with Crippen molar-refractivity contribution in [2.45, 2.75) is 6.92 Å². The Hall–Kier alpha value is -1.33. The van der Waals surface area contributed by atoms with E-state index in [2.05, 4.69) is 31.2 Å². The molecule has 1 N–H and O–H groups in total. The van der Waals surface area contributed by atoms with Crippen LogP contribution in [-0.2, 0) is 0 Å². The maximum Gasteiger partial charge on any atom is 0.227 e. The highest BCUT2D eigenvalue weighted by molar-refractivity contribution is 9.10. The van der Waals surface area contributed by atoms with Crippen LogP contribution in [0.1, 0.15) is 5.56 Å². The number of ether oxygens (including phenoxy) is 1. The molecule has 0 bridgehead atoms. The number of hydrogen-bond donors (Lipinski definition) is 1. The summed E-state index contributed by atoms with van der Waals surface area (Å²) in [5.41, 5.74) is 1.74. The summed E-state index contributed by atoms with van der Waals surface area (Å²) in [6.07, 6.45) is 3.34. The van der Waals surface area contributed by atoms with Gasteiger partial charge >= 0.3 is 0 Å². The predicted molar refractivity (Wildman–Crippen MR) is 75.8 cm³/mol. The molecule has 6 heteroatoms. The molecule has 2 rings (SSSR count). The second-order valence-electron chi connectivity index (χ2n) is 3.65. The fourth-order valence-corrected chi connectivity index (χ4v) is 1.79. The van der Waals surface area contributed by atoms with Gasteiger partial charge < -0.3 is 10.1 Å². The Balaban J connectivity index is 2.33. The first kappa shape index (κ1) is 13.1. The van der Waals surface area contributed by atoms with E-state index >= 15 is 0 Å². The molecule has 0 spiro atoms. The summed E-state index contributed by atoms with van der Waals surface area (Å²) in [4.78, 5) is 8.29. The highest BCUT2D eigenvalue weighted by atomic mass is 79.9. The van der Waals surface area contributed by atoms with Crippen molar-refractivity contribution in [1.29, 1.82) is 0 Å². The number of aryl methyl sites for hydroxylation is 1. The maximum absolute atomic E-state index is 6.04. The lowest BCUT2D eigenvalue weighted by Gasteiger charge is -2.11. The molecule has 0 radical (unpaired) electrons. The SMILES string of the molecule is COc1cc(Cl)c(C)cc1Nc1ncc(Br)cn1. The lowest BCUT2D eigenvalue weighted by atomic mass is 10.2. The molecule has 94 valence electrons. The number of benzene rings is 1. The van der Waals surface area contributed by atoms with E-state index in [4.69, 9.17) is 16.3 Å². The summed E-state index contributed by atoms with van der Waals surface area (Å²) in [5.74, 6) is 1.15. The van der Waals surface area contributed by atoms with Gasteiger partial charge in [-0.1, -0.05) is 11.6 Å². The van der Waals surface area contributed by atoms with Crippen molar-refractivity contribution in [1.82, 2.24) is 9.97 Å². The monoisotopic (exact) mass is 327 g/mol. The topological polar surface area (TPSA) is 47.0 Å². The zero-order valence-corrected chi connectivity index (χ0v) is 12.2. The molecule has 1 heterocycles. The second kappa shape index (κ2) is 5.54. The molecule has 18 heavy (non-hydrogen) atoms. The van der Waals surface area contributed by atoms with Crippen LogP contribution in [0.5, 0.6) is 5.75 Å². The highest BCUT2D eigenvalue weighted by Gasteiger charge is 2.08. The van der Waals surface area contributed by atoms with Crippen molar-refractivity contribution in [2.75, 3.05) is 12.4 Å². The number of nitrogens with one attached hydrogen (secondary N) is 1. The van der Waals surface area contributed by atoms with Crippen LogP contribution in [-0.4, -0.2) is 17.1 Å². The van der Waals surface area contributed by atoms with Gasteiger partial charge in [-0.2, -0.15) is 0 Å². The van der Waals surface area contributed by atoms with Crippen LogP contribution in [0.4, 0.5) is 11.6 Å². The fourth-order valence-electron chi connectivity index (χ4n) is 1.43. The molecule has 0 saturated carbocycles. The Kier molecular flexibility index (Phi) is 4.04. The molecule has 0 aliphatic rings. The van der Waals surface area contributed by atoms with Crippen molar-refractivity contribution < 1.29 is 4.74 Å². The minimum Gasteiger partial charge on any atom is -0.495 e. The fraction of sp³-hybridized carbons (Fsp3) is 0.167. The van der Waals surface area contributed by atoms with E-state index < -0.39 is 0 Å². The van der Waals surface area contributed by atoms with Gasteiger partial charge in [0, 0.05) is 23.5 Å². The molecule has 0 saturated heterocycles. The van der Waals surface area contributed by atoms with Gasteiger partial charge in [-0.15, -0.1) is 0 Å². The van der Waals surface area contributed by atoms with E-state index in [0.29, 0.717) is 16.7 Å². The molecule has 0 fully saturated rings. The molecule has 1 aromatic carbocycles. The number of rotatable bonds is 3. The molecule has 0 amide bonds. The zero-order chi connectivity index (χ0) is 13.1. The van der Waals surface area contributed by atoms with Gasteiger partial charge in [0.25, 0.3) is 0 Å². The van der Waals surface area contributed by atoms with Crippen LogP contribution < -0.4 is 10.1 Å². The number of nitrogens with zero attached hydrogens (tertiary/aromatic N) is 2.